The van der Waals surface area contributed by atoms with E-state index in [0.717, 1.165) is 59.3 Å². The van der Waals surface area contributed by atoms with Gasteiger partial charge in [0.05, 0.1) is 0 Å². The summed E-state index contributed by atoms with van der Waals surface area (Å²) in [6, 6.07) is 0.750. The lowest BCUT2D eigenvalue weighted by atomic mass is 9.67. The van der Waals surface area contributed by atoms with Crippen LogP contribution in [0.2, 0.25) is 0 Å². The maximum Gasteiger partial charge on any atom is 0.0125 e. The molecule has 198 valence electrons. The molecule has 4 fully saturated rings. The monoisotopic (exact) mass is 471 g/mol. The Hall–Kier alpha value is -0.0400. The van der Waals surface area contributed by atoms with E-state index < -0.39 is 0 Å². The predicted octanol–water partition coefficient (Wildman–Crippen LogP) is 9.64. The van der Waals surface area contributed by atoms with Gasteiger partial charge in [0.2, 0.25) is 0 Å². The van der Waals surface area contributed by atoms with Crippen molar-refractivity contribution in [1.29, 1.82) is 0 Å². The molecule has 0 spiro atoms. The molecule has 0 aromatic rings. The van der Waals surface area contributed by atoms with Crippen molar-refractivity contribution in [3.63, 3.8) is 0 Å². The molecule has 0 saturated heterocycles. The first-order valence-corrected chi connectivity index (χ1v) is 16.1. The third kappa shape index (κ3) is 6.08. The van der Waals surface area contributed by atoms with Crippen molar-refractivity contribution in [2.24, 2.45) is 53.3 Å². The van der Waals surface area contributed by atoms with Crippen LogP contribution >= 0.6 is 0 Å². The average Bonchev–Trinajstić information content (AvgIpc) is 3.17. The Kier molecular flexibility index (Phi) is 9.53. The summed E-state index contributed by atoms with van der Waals surface area (Å²) < 4.78 is 0. The highest BCUT2D eigenvalue weighted by atomic mass is 15.0. The number of rotatable bonds is 10. The molecule has 0 heterocycles. The van der Waals surface area contributed by atoms with E-state index in [4.69, 9.17) is 0 Å². The molecule has 4 aliphatic carbocycles. The molecular weight excluding hydrogens is 410 g/mol. The van der Waals surface area contributed by atoms with E-state index in [1.165, 1.54) is 77.0 Å². The van der Waals surface area contributed by atoms with Gasteiger partial charge in [0.25, 0.3) is 0 Å². The van der Waals surface area contributed by atoms with Crippen LogP contribution in [0.4, 0.5) is 0 Å². The summed E-state index contributed by atoms with van der Waals surface area (Å²) >= 11 is 0. The average molecular weight is 472 g/mol. The molecule has 0 aliphatic heterocycles. The maximum atomic E-state index is 4.34. The molecule has 1 heteroatoms. The fourth-order valence-corrected chi connectivity index (χ4v) is 9.73. The van der Waals surface area contributed by atoms with E-state index in [0.29, 0.717) is 0 Å². The van der Waals surface area contributed by atoms with Gasteiger partial charge in [-0.3, -0.25) is 0 Å². The summed E-state index contributed by atoms with van der Waals surface area (Å²) in [7, 11) is 0. The summed E-state index contributed by atoms with van der Waals surface area (Å²) in [4.78, 5) is 0. The van der Waals surface area contributed by atoms with Crippen LogP contribution in [0.15, 0.2) is 0 Å². The van der Waals surface area contributed by atoms with Gasteiger partial charge >= 0.3 is 0 Å². The van der Waals surface area contributed by atoms with Gasteiger partial charge in [0.1, 0.15) is 0 Å². The van der Waals surface area contributed by atoms with Gasteiger partial charge < -0.3 is 5.32 Å². The van der Waals surface area contributed by atoms with E-state index in [1.54, 1.807) is 25.7 Å². The molecule has 1 N–H and O–H groups in total. The minimum atomic E-state index is 0.273. The van der Waals surface area contributed by atoms with E-state index >= 15 is 0 Å². The zero-order valence-corrected chi connectivity index (χ0v) is 24.1. The summed E-state index contributed by atoms with van der Waals surface area (Å²) in [6.07, 6.45) is 23.8. The SMILES string of the molecule is CCCC(C)C(C)C1CCCC(C(CC2C3CCCCC3C3CCCCC32)NC(C)(C)CC)C1. The Morgan fingerprint density at radius 2 is 1.29 bits per heavy atom. The van der Waals surface area contributed by atoms with Crippen LogP contribution in [0.25, 0.3) is 0 Å². The fourth-order valence-electron chi connectivity index (χ4n) is 9.73. The molecule has 34 heavy (non-hydrogen) atoms. The van der Waals surface area contributed by atoms with Crippen molar-refractivity contribution in [2.75, 3.05) is 0 Å². The standard InChI is InChI=1S/C33H61N/c1-7-14-23(3)24(4)25-15-13-16-26(21-25)32(34-33(5,6)8-2)22-31-29-19-11-9-17-27(29)28-18-10-12-20-30(28)31/h23-32,34H,7-22H2,1-6H3. The van der Waals surface area contributed by atoms with Gasteiger partial charge in [0, 0.05) is 11.6 Å². The third-order valence-electron chi connectivity index (χ3n) is 12.1. The Bertz CT molecular complexity index is 588. The molecular formula is C33H61N. The van der Waals surface area contributed by atoms with Crippen LogP contribution in [0.1, 0.15) is 144 Å². The number of fused-ring (bicyclic) bond motifs is 3. The van der Waals surface area contributed by atoms with Crippen LogP contribution < -0.4 is 5.32 Å². The molecule has 0 aromatic heterocycles. The second kappa shape index (κ2) is 12.0. The van der Waals surface area contributed by atoms with Gasteiger partial charge in [-0.05, 0) is 118 Å². The number of hydrogen-bond donors (Lipinski definition) is 1. The second-order valence-electron chi connectivity index (χ2n) is 14.4. The van der Waals surface area contributed by atoms with Crippen molar-refractivity contribution in [1.82, 2.24) is 5.32 Å². The highest BCUT2D eigenvalue weighted by molar-refractivity contribution is 5.02. The molecule has 4 aliphatic rings. The number of hydrogen-bond acceptors (Lipinski definition) is 1. The lowest BCUT2D eigenvalue weighted by molar-refractivity contribution is 0.0985. The van der Waals surface area contributed by atoms with Crippen molar-refractivity contribution < 1.29 is 0 Å². The summed E-state index contributed by atoms with van der Waals surface area (Å²) in [5.74, 6) is 9.02. The van der Waals surface area contributed by atoms with Crippen LogP contribution in [-0.4, -0.2) is 11.6 Å². The highest BCUT2D eigenvalue weighted by Gasteiger charge is 2.51. The van der Waals surface area contributed by atoms with E-state index in [-0.39, 0.29) is 5.54 Å². The molecule has 0 amide bonds. The van der Waals surface area contributed by atoms with Crippen molar-refractivity contribution in [2.45, 2.75) is 156 Å². The largest absolute Gasteiger partial charge is 0.309 e. The van der Waals surface area contributed by atoms with Crippen molar-refractivity contribution in [3.8, 4) is 0 Å². The minimum Gasteiger partial charge on any atom is -0.309 e. The first kappa shape index (κ1) is 27.0. The first-order valence-electron chi connectivity index (χ1n) is 16.1. The molecule has 0 bridgehead atoms. The maximum absolute atomic E-state index is 4.34. The third-order valence-corrected chi connectivity index (χ3v) is 12.1. The van der Waals surface area contributed by atoms with E-state index in [2.05, 4.69) is 46.9 Å². The highest BCUT2D eigenvalue weighted by Crippen LogP contribution is 2.59. The summed E-state index contributed by atoms with van der Waals surface area (Å²) in [5, 5.41) is 4.34. The van der Waals surface area contributed by atoms with E-state index in [9.17, 15) is 0 Å². The van der Waals surface area contributed by atoms with Crippen LogP contribution in [0.3, 0.4) is 0 Å². The summed E-state index contributed by atoms with van der Waals surface area (Å²) in [5.41, 5.74) is 0.273. The van der Waals surface area contributed by atoms with Gasteiger partial charge in [-0.2, -0.15) is 0 Å². The van der Waals surface area contributed by atoms with Crippen LogP contribution in [0.5, 0.6) is 0 Å². The Labute approximate surface area is 214 Å². The van der Waals surface area contributed by atoms with Crippen molar-refractivity contribution in [3.05, 3.63) is 0 Å². The Balaban J connectivity index is 1.51. The molecule has 1 nitrogen and oxygen atoms in total. The van der Waals surface area contributed by atoms with E-state index in [1.807, 2.05) is 0 Å². The molecule has 9 unspecified atom stereocenters. The zero-order valence-electron chi connectivity index (χ0n) is 24.1. The molecule has 4 rings (SSSR count). The second-order valence-corrected chi connectivity index (χ2v) is 14.4. The molecule has 4 saturated carbocycles. The quantitative estimate of drug-likeness (QED) is 0.334. The number of nitrogens with one attached hydrogen (secondary N) is 1. The molecule has 9 atom stereocenters. The fraction of sp³-hybridized carbons (Fsp3) is 1.00. The van der Waals surface area contributed by atoms with Crippen molar-refractivity contribution >= 4 is 0 Å². The summed E-state index contributed by atoms with van der Waals surface area (Å²) in [6.45, 7) is 14.9. The van der Waals surface area contributed by atoms with Gasteiger partial charge in [-0.1, -0.05) is 79.1 Å². The lowest BCUT2D eigenvalue weighted by Crippen LogP contribution is -2.51. The minimum absolute atomic E-state index is 0.273. The van der Waals surface area contributed by atoms with Crippen LogP contribution in [-0.2, 0) is 0 Å². The van der Waals surface area contributed by atoms with Gasteiger partial charge in [-0.25, -0.2) is 0 Å². The zero-order chi connectivity index (χ0) is 24.3. The van der Waals surface area contributed by atoms with Crippen LogP contribution in [0, 0.1) is 53.3 Å². The smallest absolute Gasteiger partial charge is 0.0125 e. The first-order chi connectivity index (χ1) is 16.3. The Morgan fingerprint density at radius 3 is 1.85 bits per heavy atom. The molecule has 0 radical (unpaired) electrons. The molecule has 0 aromatic carbocycles. The lowest BCUT2D eigenvalue weighted by Gasteiger charge is -2.44. The topological polar surface area (TPSA) is 12.0 Å². The predicted molar refractivity (Wildman–Crippen MR) is 149 cm³/mol. The van der Waals surface area contributed by atoms with Gasteiger partial charge in [0.15, 0.2) is 0 Å². The van der Waals surface area contributed by atoms with Gasteiger partial charge in [-0.15, -0.1) is 0 Å². The Morgan fingerprint density at radius 1 is 0.735 bits per heavy atom. The normalized spacial score (nSPS) is 39.2.